The predicted octanol–water partition coefficient (Wildman–Crippen LogP) is 1.24. The molecule has 0 aliphatic carbocycles. The number of aryl methyl sites for hydroxylation is 1. The number of aromatic nitrogens is 3. The first-order valence-electron chi connectivity index (χ1n) is 5.37. The molecule has 1 aromatic rings. The second-order valence-corrected chi connectivity index (χ2v) is 4.28. The molecular weight excluding hydrogens is 176 g/mol. The summed E-state index contributed by atoms with van der Waals surface area (Å²) >= 11 is 0. The molecule has 4 heteroatoms. The van der Waals surface area contributed by atoms with Gasteiger partial charge in [-0.2, -0.15) is 0 Å². The average Bonchev–Trinajstić information content (AvgIpc) is 2.60. The van der Waals surface area contributed by atoms with Crippen LogP contribution >= 0.6 is 0 Å². The first-order valence-corrected chi connectivity index (χ1v) is 5.37. The second-order valence-electron chi connectivity index (χ2n) is 4.28. The highest BCUT2D eigenvalue weighted by Gasteiger charge is 2.24. The molecule has 2 heterocycles. The van der Waals surface area contributed by atoms with E-state index in [1.54, 1.807) is 0 Å². The SMILES string of the molecule is CC(C)c1nnc2n1C(CN)CCC2. The van der Waals surface area contributed by atoms with Gasteiger partial charge in [-0.15, -0.1) is 10.2 Å². The van der Waals surface area contributed by atoms with E-state index >= 15 is 0 Å². The number of fused-ring (bicyclic) bond motifs is 1. The molecule has 1 aromatic heterocycles. The van der Waals surface area contributed by atoms with Crippen molar-refractivity contribution in [1.29, 1.82) is 0 Å². The van der Waals surface area contributed by atoms with E-state index in [4.69, 9.17) is 5.73 Å². The molecule has 2 rings (SSSR count). The molecule has 0 fully saturated rings. The van der Waals surface area contributed by atoms with Gasteiger partial charge in [-0.3, -0.25) is 0 Å². The summed E-state index contributed by atoms with van der Waals surface area (Å²) in [5.41, 5.74) is 5.77. The number of hydrogen-bond donors (Lipinski definition) is 1. The Morgan fingerprint density at radius 1 is 1.50 bits per heavy atom. The molecule has 0 spiro atoms. The van der Waals surface area contributed by atoms with Gasteiger partial charge < -0.3 is 10.3 Å². The van der Waals surface area contributed by atoms with Crippen LogP contribution in [0.5, 0.6) is 0 Å². The van der Waals surface area contributed by atoms with Gasteiger partial charge in [0, 0.05) is 24.9 Å². The summed E-state index contributed by atoms with van der Waals surface area (Å²) in [5.74, 6) is 2.65. The van der Waals surface area contributed by atoms with E-state index < -0.39 is 0 Å². The van der Waals surface area contributed by atoms with Crippen LogP contribution in [0.3, 0.4) is 0 Å². The zero-order chi connectivity index (χ0) is 10.1. The Kier molecular flexibility index (Phi) is 2.54. The quantitative estimate of drug-likeness (QED) is 0.770. The molecule has 78 valence electrons. The van der Waals surface area contributed by atoms with Crippen LogP contribution in [0.4, 0.5) is 0 Å². The van der Waals surface area contributed by atoms with Crippen LogP contribution in [0.2, 0.25) is 0 Å². The van der Waals surface area contributed by atoms with Gasteiger partial charge in [0.15, 0.2) is 0 Å². The topological polar surface area (TPSA) is 56.7 Å². The van der Waals surface area contributed by atoms with Crippen LogP contribution in [0.1, 0.15) is 50.3 Å². The lowest BCUT2D eigenvalue weighted by Gasteiger charge is -2.25. The number of nitrogens with two attached hydrogens (primary N) is 1. The Labute approximate surface area is 84.5 Å². The van der Waals surface area contributed by atoms with Gasteiger partial charge in [0.1, 0.15) is 11.6 Å². The third-order valence-corrected chi connectivity index (χ3v) is 2.88. The number of nitrogens with zero attached hydrogens (tertiary/aromatic N) is 3. The van der Waals surface area contributed by atoms with Gasteiger partial charge in [-0.05, 0) is 12.8 Å². The van der Waals surface area contributed by atoms with Crippen LogP contribution in [0.25, 0.3) is 0 Å². The van der Waals surface area contributed by atoms with Crippen molar-refractivity contribution in [1.82, 2.24) is 14.8 Å². The normalized spacial score (nSPS) is 21.3. The molecule has 0 bridgehead atoms. The summed E-state index contributed by atoms with van der Waals surface area (Å²) in [4.78, 5) is 0. The summed E-state index contributed by atoms with van der Waals surface area (Å²) in [5, 5.41) is 8.49. The first-order chi connectivity index (χ1) is 6.74. The molecule has 14 heavy (non-hydrogen) atoms. The molecule has 2 N–H and O–H groups in total. The minimum atomic E-state index is 0.422. The highest BCUT2D eigenvalue weighted by atomic mass is 15.3. The third-order valence-electron chi connectivity index (χ3n) is 2.88. The Hall–Kier alpha value is -0.900. The zero-order valence-corrected chi connectivity index (χ0v) is 8.90. The molecule has 0 amide bonds. The Bertz CT molecular complexity index is 316. The van der Waals surface area contributed by atoms with E-state index in [1.165, 1.54) is 12.8 Å². The van der Waals surface area contributed by atoms with E-state index in [0.29, 0.717) is 18.5 Å². The predicted molar refractivity (Wildman–Crippen MR) is 55.1 cm³/mol. The first kappa shape index (κ1) is 9.65. The van der Waals surface area contributed by atoms with Crippen molar-refractivity contribution < 1.29 is 0 Å². The van der Waals surface area contributed by atoms with E-state index in [1.807, 2.05) is 0 Å². The summed E-state index contributed by atoms with van der Waals surface area (Å²) in [6.07, 6.45) is 3.41. The maximum atomic E-state index is 5.77. The van der Waals surface area contributed by atoms with E-state index in [-0.39, 0.29) is 0 Å². The molecule has 0 aromatic carbocycles. The van der Waals surface area contributed by atoms with Crippen molar-refractivity contribution >= 4 is 0 Å². The van der Waals surface area contributed by atoms with Gasteiger partial charge in [-0.25, -0.2) is 0 Å². The Balaban J connectivity index is 2.41. The van der Waals surface area contributed by atoms with E-state index in [0.717, 1.165) is 18.1 Å². The van der Waals surface area contributed by atoms with Crippen molar-refractivity contribution in [3.8, 4) is 0 Å². The monoisotopic (exact) mass is 194 g/mol. The summed E-state index contributed by atoms with van der Waals surface area (Å²) < 4.78 is 2.26. The largest absolute Gasteiger partial charge is 0.328 e. The second kappa shape index (κ2) is 3.69. The van der Waals surface area contributed by atoms with Crippen LogP contribution in [0, 0.1) is 0 Å². The molecule has 0 radical (unpaired) electrons. The summed E-state index contributed by atoms with van der Waals surface area (Å²) in [6, 6.07) is 0.422. The number of hydrogen-bond acceptors (Lipinski definition) is 3. The van der Waals surface area contributed by atoms with Gasteiger partial charge in [0.05, 0.1) is 0 Å². The highest BCUT2D eigenvalue weighted by Crippen LogP contribution is 2.27. The smallest absolute Gasteiger partial charge is 0.135 e. The standard InChI is InChI=1S/C10H18N4/c1-7(2)10-13-12-9-5-3-4-8(6-11)14(9)10/h7-8H,3-6,11H2,1-2H3. The fourth-order valence-corrected chi connectivity index (χ4v) is 2.15. The molecule has 0 saturated carbocycles. The van der Waals surface area contributed by atoms with Crippen LogP contribution < -0.4 is 5.73 Å². The lowest BCUT2D eigenvalue weighted by Crippen LogP contribution is -2.26. The van der Waals surface area contributed by atoms with Crippen molar-refractivity contribution in [2.75, 3.05) is 6.54 Å². The third kappa shape index (κ3) is 1.43. The number of rotatable bonds is 2. The van der Waals surface area contributed by atoms with Crippen LogP contribution in [0.15, 0.2) is 0 Å². The molecule has 1 unspecified atom stereocenters. The minimum absolute atomic E-state index is 0.422. The lowest BCUT2D eigenvalue weighted by molar-refractivity contribution is 0.389. The van der Waals surface area contributed by atoms with Crippen molar-refractivity contribution in [2.45, 2.75) is 45.1 Å². The average molecular weight is 194 g/mol. The molecule has 1 aliphatic heterocycles. The van der Waals surface area contributed by atoms with E-state index in [9.17, 15) is 0 Å². The Morgan fingerprint density at radius 2 is 2.29 bits per heavy atom. The van der Waals surface area contributed by atoms with Gasteiger partial charge in [0.2, 0.25) is 0 Å². The van der Waals surface area contributed by atoms with Crippen LogP contribution in [-0.4, -0.2) is 21.3 Å². The summed E-state index contributed by atoms with van der Waals surface area (Å²) in [6.45, 7) is 5.00. The van der Waals surface area contributed by atoms with Crippen molar-refractivity contribution in [2.24, 2.45) is 5.73 Å². The lowest BCUT2D eigenvalue weighted by atomic mass is 10.0. The molecule has 4 nitrogen and oxygen atoms in total. The zero-order valence-electron chi connectivity index (χ0n) is 8.90. The van der Waals surface area contributed by atoms with Gasteiger partial charge in [0.25, 0.3) is 0 Å². The van der Waals surface area contributed by atoms with E-state index in [2.05, 4.69) is 28.6 Å². The minimum Gasteiger partial charge on any atom is -0.328 e. The molecule has 0 saturated heterocycles. The maximum absolute atomic E-state index is 5.77. The van der Waals surface area contributed by atoms with Gasteiger partial charge >= 0.3 is 0 Å². The fourth-order valence-electron chi connectivity index (χ4n) is 2.15. The van der Waals surface area contributed by atoms with Crippen LogP contribution in [-0.2, 0) is 6.42 Å². The van der Waals surface area contributed by atoms with Crippen molar-refractivity contribution in [3.05, 3.63) is 11.6 Å². The maximum Gasteiger partial charge on any atom is 0.135 e. The van der Waals surface area contributed by atoms with Crippen molar-refractivity contribution in [3.63, 3.8) is 0 Å². The van der Waals surface area contributed by atoms with Gasteiger partial charge in [-0.1, -0.05) is 13.8 Å². The highest BCUT2D eigenvalue weighted by molar-refractivity contribution is 5.05. The fraction of sp³-hybridized carbons (Fsp3) is 0.800. The Morgan fingerprint density at radius 3 is 2.93 bits per heavy atom. The molecular formula is C10H18N4. The molecule has 1 aliphatic rings. The summed E-state index contributed by atoms with van der Waals surface area (Å²) in [7, 11) is 0. The molecule has 1 atom stereocenters.